The third-order valence-electron chi connectivity index (χ3n) is 5.54. The van der Waals surface area contributed by atoms with Gasteiger partial charge in [-0.25, -0.2) is 4.79 Å². The second kappa shape index (κ2) is 9.59. The van der Waals surface area contributed by atoms with E-state index in [0.717, 1.165) is 11.4 Å². The number of benzene rings is 2. The normalized spacial score (nSPS) is 13.9. The Morgan fingerprint density at radius 2 is 1.72 bits per heavy atom. The fraction of sp³-hybridized carbons (Fsp3) is 0.348. The number of esters is 1. The van der Waals surface area contributed by atoms with Crippen molar-refractivity contribution < 1.29 is 23.5 Å². The minimum Gasteiger partial charge on any atom is -0.497 e. The van der Waals surface area contributed by atoms with Gasteiger partial charge in [-0.15, -0.1) is 0 Å². The van der Waals surface area contributed by atoms with Gasteiger partial charge in [0.1, 0.15) is 5.75 Å². The number of para-hydroxylation sites is 2. The standard InChI is InChI=1S/C23H25N3O6/c1-30-18-8-6-17(7-9-18)24-12-14-25(15-13-24)21(27)16-31-22(28)10-11-26-19-4-2-3-5-20(19)32-23(26)29/h2-9H,10-16H2,1H3. The van der Waals surface area contributed by atoms with E-state index < -0.39 is 11.7 Å². The van der Waals surface area contributed by atoms with Gasteiger partial charge in [-0.1, -0.05) is 12.1 Å². The van der Waals surface area contributed by atoms with Gasteiger partial charge in [-0.3, -0.25) is 14.2 Å². The number of aryl methyl sites for hydroxylation is 1. The molecular weight excluding hydrogens is 414 g/mol. The topological polar surface area (TPSA) is 94.2 Å². The molecule has 2 aromatic carbocycles. The Morgan fingerprint density at radius 1 is 1.00 bits per heavy atom. The van der Waals surface area contributed by atoms with Gasteiger partial charge >= 0.3 is 11.7 Å². The summed E-state index contributed by atoms with van der Waals surface area (Å²) in [5, 5.41) is 0. The number of carbonyl (C=O) groups excluding carboxylic acids is 2. The molecule has 0 radical (unpaired) electrons. The van der Waals surface area contributed by atoms with Crippen molar-refractivity contribution in [2.45, 2.75) is 13.0 Å². The zero-order chi connectivity index (χ0) is 22.5. The van der Waals surface area contributed by atoms with Crippen molar-refractivity contribution in [2.75, 3.05) is 44.8 Å². The van der Waals surface area contributed by atoms with Gasteiger partial charge in [0.2, 0.25) is 0 Å². The molecule has 168 valence electrons. The van der Waals surface area contributed by atoms with Crippen LogP contribution in [0, 0.1) is 0 Å². The lowest BCUT2D eigenvalue weighted by molar-refractivity contribution is -0.152. The average molecular weight is 439 g/mol. The summed E-state index contributed by atoms with van der Waals surface area (Å²) in [5.74, 6) is -0.480. The third kappa shape index (κ3) is 4.77. The molecule has 1 aromatic heterocycles. The van der Waals surface area contributed by atoms with Crippen LogP contribution in [0.1, 0.15) is 6.42 Å². The summed E-state index contributed by atoms with van der Waals surface area (Å²) in [6, 6.07) is 14.8. The van der Waals surface area contributed by atoms with Gasteiger partial charge in [0, 0.05) is 38.4 Å². The van der Waals surface area contributed by atoms with Crippen molar-refractivity contribution in [3.8, 4) is 5.75 Å². The Kier molecular flexibility index (Phi) is 6.44. The Bertz CT molecular complexity index is 1140. The number of amides is 1. The lowest BCUT2D eigenvalue weighted by Crippen LogP contribution is -2.49. The summed E-state index contributed by atoms with van der Waals surface area (Å²) in [5.41, 5.74) is 2.16. The maximum absolute atomic E-state index is 12.4. The van der Waals surface area contributed by atoms with Crippen LogP contribution < -0.4 is 15.4 Å². The highest BCUT2D eigenvalue weighted by atomic mass is 16.5. The van der Waals surface area contributed by atoms with Crippen molar-refractivity contribution in [1.82, 2.24) is 9.47 Å². The molecule has 0 saturated carbocycles. The zero-order valence-electron chi connectivity index (χ0n) is 17.9. The number of fused-ring (bicyclic) bond motifs is 1. The first-order chi connectivity index (χ1) is 15.5. The van der Waals surface area contributed by atoms with E-state index in [4.69, 9.17) is 13.9 Å². The molecule has 0 N–H and O–H groups in total. The number of hydrogen-bond acceptors (Lipinski definition) is 7. The highest BCUT2D eigenvalue weighted by Gasteiger charge is 2.22. The number of anilines is 1. The summed E-state index contributed by atoms with van der Waals surface area (Å²) >= 11 is 0. The van der Waals surface area contributed by atoms with Gasteiger partial charge in [0.15, 0.2) is 12.2 Å². The predicted molar refractivity (Wildman–Crippen MR) is 118 cm³/mol. The quantitative estimate of drug-likeness (QED) is 0.519. The Balaban J connectivity index is 1.22. The monoisotopic (exact) mass is 439 g/mol. The maximum Gasteiger partial charge on any atom is 0.419 e. The lowest BCUT2D eigenvalue weighted by atomic mass is 10.2. The number of nitrogens with zero attached hydrogens (tertiary/aromatic N) is 3. The molecule has 1 aliphatic heterocycles. The van der Waals surface area contributed by atoms with E-state index in [1.807, 2.05) is 24.3 Å². The summed E-state index contributed by atoms with van der Waals surface area (Å²) in [6.45, 7) is 2.33. The molecule has 0 aliphatic carbocycles. The molecule has 9 heteroatoms. The van der Waals surface area contributed by atoms with Crippen molar-refractivity contribution in [2.24, 2.45) is 0 Å². The second-order valence-corrected chi connectivity index (χ2v) is 7.46. The summed E-state index contributed by atoms with van der Waals surface area (Å²) in [6.07, 6.45) is -0.0258. The van der Waals surface area contributed by atoms with Crippen LogP contribution in [0.15, 0.2) is 57.7 Å². The first-order valence-electron chi connectivity index (χ1n) is 10.5. The maximum atomic E-state index is 12.4. The van der Waals surface area contributed by atoms with Crippen molar-refractivity contribution in [3.05, 3.63) is 59.1 Å². The van der Waals surface area contributed by atoms with Gasteiger partial charge in [-0.05, 0) is 36.4 Å². The Labute approximate surface area is 184 Å². The van der Waals surface area contributed by atoms with Gasteiger partial charge < -0.3 is 23.7 Å². The summed E-state index contributed by atoms with van der Waals surface area (Å²) < 4.78 is 16.9. The molecule has 9 nitrogen and oxygen atoms in total. The van der Waals surface area contributed by atoms with Crippen molar-refractivity contribution in [1.29, 1.82) is 0 Å². The van der Waals surface area contributed by atoms with E-state index in [1.165, 1.54) is 4.57 Å². The van der Waals surface area contributed by atoms with E-state index in [9.17, 15) is 14.4 Å². The molecule has 32 heavy (non-hydrogen) atoms. The van der Waals surface area contributed by atoms with Crippen LogP contribution in [0.3, 0.4) is 0 Å². The first-order valence-corrected chi connectivity index (χ1v) is 10.5. The molecule has 2 heterocycles. The molecule has 4 rings (SSSR count). The van der Waals surface area contributed by atoms with E-state index in [0.29, 0.717) is 37.3 Å². The van der Waals surface area contributed by atoms with E-state index in [1.54, 1.807) is 36.3 Å². The van der Waals surface area contributed by atoms with Gasteiger partial charge in [0.25, 0.3) is 5.91 Å². The highest BCUT2D eigenvalue weighted by molar-refractivity contribution is 5.81. The second-order valence-electron chi connectivity index (χ2n) is 7.46. The third-order valence-corrected chi connectivity index (χ3v) is 5.54. The predicted octanol–water partition coefficient (Wildman–Crippen LogP) is 1.89. The van der Waals surface area contributed by atoms with Crippen LogP contribution in [0.25, 0.3) is 11.1 Å². The molecule has 0 bridgehead atoms. The molecule has 3 aromatic rings. The molecule has 0 atom stereocenters. The number of rotatable bonds is 7. The SMILES string of the molecule is COc1ccc(N2CCN(C(=O)COC(=O)CCn3c(=O)oc4ccccc43)CC2)cc1. The molecule has 1 aliphatic rings. The number of methoxy groups -OCH3 is 1. The molecule has 1 amide bonds. The van der Waals surface area contributed by atoms with Crippen LogP contribution in [-0.2, 0) is 20.9 Å². The van der Waals surface area contributed by atoms with Crippen LogP contribution in [-0.4, -0.2) is 61.2 Å². The number of carbonyl (C=O) groups is 2. The smallest absolute Gasteiger partial charge is 0.419 e. The minimum atomic E-state index is -0.535. The van der Waals surface area contributed by atoms with Crippen molar-refractivity contribution in [3.63, 3.8) is 0 Å². The van der Waals surface area contributed by atoms with Crippen LogP contribution in [0.5, 0.6) is 5.75 Å². The highest BCUT2D eigenvalue weighted by Crippen LogP contribution is 2.20. The van der Waals surface area contributed by atoms with E-state index >= 15 is 0 Å². The Morgan fingerprint density at radius 3 is 2.44 bits per heavy atom. The lowest BCUT2D eigenvalue weighted by Gasteiger charge is -2.36. The first kappa shape index (κ1) is 21.5. The molecule has 0 spiro atoms. The van der Waals surface area contributed by atoms with Crippen LogP contribution in [0.4, 0.5) is 5.69 Å². The molecule has 0 unspecified atom stereocenters. The van der Waals surface area contributed by atoms with E-state index in [2.05, 4.69) is 4.90 Å². The summed E-state index contributed by atoms with van der Waals surface area (Å²) in [7, 11) is 1.63. The fourth-order valence-electron chi connectivity index (χ4n) is 3.74. The van der Waals surface area contributed by atoms with E-state index in [-0.39, 0.29) is 25.5 Å². The van der Waals surface area contributed by atoms with Gasteiger partial charge in [0.05, 0.1) is 19.0 Å². The fourth-order valence-corrected chi connectivity index (χ4v) is 3.74. The number of hydrogen-bond donors (Lipinski definition) is 0. The number of aromatic nitrogens is 1. The molecule has 1 saturated heterocycles. The minimum absolute atomic E-state index is 0.0258. The average Bonchev–Trinajstić information content (AvgIpc) is 3.16. The van der Waals surface area contributed by atoms with Crippen LogP contribution in [0.2, 0.25) is 0 Å². The Hall–Kier alpha value is -3.75. The number of oxazole rings is 1. The summed E-state index contributed by atoms with van der Waals surface area (Å²) in [4.78, 5) is 40.4. The zero-order valence-corrected chi connectivity index (χ0v) is 17.9. The molecular formula is C23H25N3O6. The van der Waals surface area contributed by atoms with Crippen molar-refractivity contribution >= 4 is 28.7 Å². The number of ether oxygens (including phenoxy) is 2. The largest absolute Gasteiger partial charge is 0.497 e. The number of piperazine rings is 1. The van der Waals surface area contributed by atoms with Crippen LogP contribution >= 0.6 is 0 Å². The van der Waals surface area contributed by atoms with Gasteiger partial charge in [-0.2, -0.15) is 0 Å². The molecule has 1 fully saturated rings.